The van der Waals surface area contributed by atoms with Crippen LogP contribution in [0.1, 0.15) is 13.8 Å². The first-order chi connectivity index (χ1) is 9.29. The van der Waals surface area contributed by atoms with Gasteiger partial charge in [0.15, 0.2) is 4.90 Å². The number of azide groups is 1. The Morgan fingerprint density at radius 3 is 2.50 bits per heavy atom. The predicted molar refractivity (Wildman–Crippen MR) is 71.2 cm³/mol. The van der Waals surface area contributed by atoms with Crippen LogP contribution in [0.15, 0.2) is 34.3 Å². The molecule has 0 amide bonds. The number of nitrogens with zero attached hydrogens (tertiary/aromatic N) is 4. The van der Waals surface area contributed by atoms with E-state index in [1.54, 1.807) is 13.8 Å². The SMILES string of the molecule is CC(C)[C@@H](N=[N+]=[N-])NS(=O)(=O)c1ccccc1[N+](=O)[O-]. The highest BCUT2D eigenvalue weighted by Gasteiger charge is 2.28. The third kappa shape index (κ3) is 3.67. The summed E-state index contributed by atoms with van der Waals surface area (Å²) in [5.74, 6) is -0.302. The van der Waals surface area contributed by atoms with E-state index in [1.807, 2.05) is 0 Å². The van der Waals surface area contributed by atoms with Gasteiger partial charge in [0.25, 0.3) is 5.69 Å². The smallest absolute Gasteiger partial charge is 0.258 e. The molecule has 1 N–H and O–H groups in total. The fourth-order valence-corrected chi connectivity index (χ4v) is 2.85. The first-order valence-electron chi connectivity index (χ1n) is 5.59. The van der Waals surface area contributed by atoms with Gasteiger partial charge in [-0.15, -0.1) is 0 Å². The first kappa shape index (κ1) is 15.9. The molecule has 0 aliphatic rings. The Morgan fingerprint density at radius 2 is 2.00 bits per heavy atom. The lowest BCUT2D eigenvalue weighted by atomic mass is 10.2. The quantitative estimate of drug-likeness (QED) is 0.282. The van der Waals surface area contributed by atoms with E-state index < -0.39 is 31.7 Å². The van der Waals surface area contributed by atoms with Gasteiger partial charge in [-0.25, -0.2) is 13.1 Å². The van der Waals surface area contributed by atoms with Crippen LogP contribution in [0.5, 0.6) is 0 Å². The van der Waals surface area contributed by atoms with Gasteiger partial charge in [-0.05, 0) is 17.5 Å². The standard InChI is InChI=1S/C10H13N5O4S/c1-7(2)10(12-14-11)13-20(18,19)9-6-4-3-5-8(9)15(16)17/h3-7,10,13H,1-2H3/t10-/m0/s1. The Kier molecular flexibility index (Phi) is 5.03. The molecule has 0 radical (unpaired) electrons. The van der Waals surface area contributed by atoms with Gasteiger partial charge >= 0.3 is 0 Å². The van der Waals surface area contributed by atoms with Crippen LogP contribution < -0.4 is 4.72 Å². The number of hydrogen-bond acceptors (Lipinski definition) is 5. The van der Waals surface area contributed by atoms with Crippen LogP contribution in [0.3, 0.4) is 0 Å². The molecule has 0 saturated heterocycles. The van der Waals surface area contributed by atoms with E-state index in [-0.39, 0.29) is 5.92 Å². The van der Waals surface area contributed by atoms with Crippen LogP contribution in [0, 0.1) is 16.0 Å². The first-order valence-corrected chi connectivity index (χ1v) is 7.08. The Labute approximate surface area is 115 Å². The molecule has 0 bridgehead atoms. The monoisotopic (exact) mass is 299 g/mol. The van der Waals surface area contributed by atoms with Crippen molar-refractivity contribution in [2.75, 3.05) is 0 Å². The van der Waals surface area contributed by atoms with Crippen molar-refractivity contribution in [3.05, 3.63) is 44.8 Å². The number of sulfonamides is 1. The highest BCUT2D eigenvalue weighted by Crippen LogP contribution is 2.23. The Balaban J connectivity index is 3.24. The van der Waals surface area contributed by atoms with Crippen molar-refractivity contribution in [2.45, 2.75) is 24.9 Å². The maximum Gasteiger partial charge on any atom is 0.289 e. The lowest BCUT2D eigenvalue weighted by Gasteiger charge is -2.16. The summed E-state index contributed by atoms with van der Waals surface area (Å²) < 4.78 is 26.4. The zero-order valence-corrected chi connectivity index (χ0v) is 11.6. The molecule has 20 heavy (non-hydrogen) atoms. The molecule has 0 spiro atoms. The summed E-state index contributed by atoms with van der Waals surface area (Å²) in [7, 11) is -4.16. The lowest BCUT2D eigenvalue weighted by molar-refractivity contribution is -0.387. The molecule has 0 aliphatic carbocycles. The van der Waals surface area contributed by atoms with Gasteiger partial charge in [-0.3, -0.25) is 10.1 Å². The molecule has 0 aliphatic heterocycles. The normalized spacial score (nSPS) is 12.8. The van der Waals surface area contributed by atoms with E-state index in [0.717, 1.165) is 12.1 Å². The second-order valence-corrected chi connectivity index (χ2v) is 5.92. The van der Waals surface area contributed by atoms with Gasteiger partial charge in [0.1, 0.15) is 6.17 Å². The average molecular weight is 299 g/mol. The van der Waals surface area contributed by atoms with Gasteiger partial charge in [0.05, 0.1) is 4.92 Å². The minimum absolute atomic E-state index is 0.302. The summed E-state index contributed by atoms with van der Waals surface area (Å²) in [6, 6.07) is 4.95. The molecule has 10 heteroatoms. The molecular formula is C10H13N5O4S. The number of nitrogens with one attached hydrogen (secondary N) is 1. The molecular weight excluding hydrogens is 286 g/mol. The maximum absolute atomic E-state index is 12.1. The third-order valence-electron chi connectivity index (χ3n) is 2.43. The molecule has 0 unspecified atom stereocenters. The molecule has 108 valence electrons. The summed E-state index contributed by atoms with van der Waals surface area (Å²) in [6.07, 6.45) is -1.02. The number of nitro groups is 1. The van der Waals surface area contributed by atoms with E-state index >= 15 is 0 Å². The van der Waals surface area contributed by atoms with E-state index in [4.69, 9.17) is 5.53 Å². The average Bonchev–Trinajstić information content (AvgIpc) is 2.38. The largest absolute Gasteiger partial charge is 0.289 e. The number of nitro benzene ring substituents is 1. The minimum atomic E-state index is -4.16. The molecule has 9 nitrogen and oxygen atoms in total. The number of para-hydroxylation sites is 1. The van der Waals surface area contributed by atoms with Crippen LogP contribution in [0.25, 0.3) is 10.4 Å². The third-order valence-corrected chi connectivity index (χ3v) is 3.91. The van der Waals surface area contributed by atoms with E-state index in [1.165, 1.54) is 12.1 Å². The predicted octanol–water partition coefficient (Wildman–Crippen LogP) is 2.17. The second kappa shape index (κ2) is 6.33. The van der Waals surface area contributed by atoms with Crippen LogP contribution in [-0.4, -0.2) is 19.5 Å². The number of benzene rings is 1. The van der Waals surface area contributed by atoms with Gasteiger partial charge < -0.3 is 0 Å². The molecule has 0 aromatic heterocycles. The van der Waals surface area contributed by atoms with Crippen LogP contribution in [0.4, 0.5) is 5.69 Å². The highest BCUT2D eigenvalue weighted by atomic mass is 32.2. The lowest BCUT2D eigenvalue weighted by Crippen LogP contribution is -2.37. The van der Waals surface area contributed by atoms with Crippen LogP contribution in [0.2, 0.25) is 0 Å². The molecule has 0 fully saturated rings. The van der Waals surface area contributed by atoms with Crippen molar-refractivity contribution < 1.29 is 13.3 Å². The van der Waals surface area contributed by atoms with E-state index in [0.29, 0.717) is 0 Å². The van der Waals surface area contributed by atoms with Crippen molar-refractivity contribution in [1.82, 2.24) is 4.72 Å². The summed E-state index contributed by atoms with van der Waals surface area (Å²) in [5.41, 5.74) is 7.87. The second-order valence-electron chi connectivity index (χ2n) is 4.24. The summed E-state index contributed by atoms with van der Waals surface area (Å²) in [5, 5.41) is 14.2. The fourth-order valence-electron chi connectivity index (χ4n) is 1.41. The molecule has 0 saturated carbocycles. The summed E-state index contributed by atoms with van der Waals surface area (Å²) in [6.45, 7) is 3.31. The summed E-state index contributed by atoms with van der Waals surface area (Å²) in [4.78, 5) is 12.1. The van der Waals surface area contributed by atoms with Crippen molar-refractivity contribution in [2.24, 2.45) is 11.0 Å². The summed E-state index contributed by atoms with van der Waals surface area (Å²) >= 11 is 0. The fraction of sp³-hybridized carbons (Fsp3) is 0.400. The van der Waals surface area contributed by atoms with Crippen molar-refractivity contribution in [3.63, 3.8) is 0 Å². The Bertz CT molecular complexity index is 651. The van der Waals surface area contributed by atoms with Crippen LogP contribution in [-0.2, 0) is 10.0 Å². The molecule has 1 atom stereocenters. The zero-order chi connectivity index (χ0) is 15.3. The van der Waals surface area contributed by atoms with E-state index in [9.17, 15) is 18.5 Å². The Morgan fingerprint density at radius 1 is 1.40 bits per heavy atom. The van der Waals surface area contributed by atoms with Crippen molar-refractivity contribution in [1.29, 1.82) is 0 Å². The van der Waals surface area contributed by atoms with Crippen LogP contribution >= 0.6 is 0 Å². The minimum Gasteiger partial charge on any atom is -0.258 e. The van der Waals surface area contributed by atoms with Gasteiger partial charge in [0.2, 0.25) is 10.0 Å². The molecule has 0 heterocycles. The van der Waals surface area contributed by atoms with Gasteiger partial charge in [-0.2, -0.15) is 0 Å². The maximum atomic E-state index is 12.1. The number of hydrogen-bond donors (Lipinski definition) is 1. The molecule has 1 rings (SSSR count). The Hall–Kier alpha value is -2.16. The molecule has 1 aromatic carbocycles. The molecule has 1 aromatic rings. The van der Waals surface area contributed by atoms with Gasteiger partial charge in [-0.1, -0.05) is 31.1 Å². The number of rotatable bonds is 6. The van der Waals surface area contributed by atoms with Gasteiger partial charge in [0, 0.05) is 11.0 Å². The highest BCUT2D eigenvalue weighted by molar-refractivity contribution is 7.89. The van der Waals surface area contributed by atoms with E-state index in [2.05, 4.69) is 14.7 Å². The zero-order valence-electron chi connectivity index (χ0n) is 10.8. The van der Waals surface area contributed by atoms with Crippen molar-refractivity contribution in [3.8, 4) is 0 Å². The topological polar surface area (TPSA) is 138 Å². The van der Waals surface area contributed by atoms with Crippen molar-refractivity contribution >= 4 is 15.7 Å².